The summed E-state index contributed by atoms with van der Waals surface area (Å²) >= 11 is 5.26. The lowest BCUT2D eigenvalue weighted by Crippen LogP contribution is -1.65. The number of hydrogen-bond acceptors (Lipinski definition) is 3. The zero-order valence-electron chi connectivity index (χ0n) is 11.0. The highest BCUT2D eigenvalue weighted by Gasteiger charge is 2.05. The first-order valence-corrected chi connectivity index (χ1v) is 8.49. The van der Waals surface area contributed by atoms with E-state index < -0.39 is 0 Å². The van der Waals surface area contributed by atoms with Crippen LogP contribution in [0, 0.1) is 0 Å². The van der Waals surface area contributed by atoms with Crippen molar-refractivity contribution in [1.82, 2.24) is 0 Å². The number of rotatable bonds is 4. The van der Waals surface area contributed by atoms with Crippen LogP contribution in [0.25, 0.3) is 14.7 Å². The summed E-state index contributed by atoms with van der Waals surface area (Å²) in [6, 6.07) is 8.57. The van der Waals surface area contributed by atoms with E-state index in [4.69, 9.17) is 0 Å². The minimum absolute atomic E-state index is 1.12. The predicted molar refractivity (Wildman–Crippen MR) is 90.4 cm³/mol. The van der Waals surface area contributed by atoms with Gasteiger partial charge in [0.2, 0.25) is 0 Å². The van der Waals surface area contributed by atoms with Gasteiger partial charge in [0, 0.05) is 19.5 Å². The van der Waals surface area contributed by atoms with Crippen LogP contribution in [-0.4, -0.2) is 0 Å². The molecule has 0 radical (unpaired) electrons. The maximum absolute atomic E-state index is 4.08. The van der Waals surface area contributed by atoms with E-state index in [-0.39, 0.29) is 0 Å². The highest BCUT2D eigenvalue weighted by Crippen LogP contribution is 2.37. The number of thiophene rings is 2. The molecule has 2 aromatic heterocycles. The Labute approximate surface area is 122 Å². The van der Waals surface area contributed by atoms with Gasteiger partial charge in [0.25, 0.3) is 0 Å². The number of hydrogen-bond donors (Lipinski definition) is 0. The Balaban J connectivity index is 0.000000771. The van der Waals surface area contributed by atoms with Crippen molar-refractivity contribution in [3.8, 4) is 9.75 Å². The average molecular weight is 295 g/mol. The van der Waals surface area contributed by atoms with Gasteiger partial charge >= 0.3 is 0 Å². The van der Waals surface area contributed by atoms with Gasteiger partial charge < -0.3 is 0 Å². The fraction of sp³-hybridized carbons (Fsp3) is 0.200. The van der Waals surface area contributed by atoms with E-state index in [2.05, 4.69) is 41.6 Å². The molecular formula is C15H18S3. The molecule has 0 fully saturated rings. The van der Waals surface area contributed by atoms with Crippen LogP contribution in [0.15, 0.2) is 47.7 Å². The first-order chi connectivity index (χ1) is 8.81. The lowest BCUT2D eigenvalue weighted by Gasteiger charge is -1.96. The van der Waals surface area contributed by atoms with Crippen molar-refractivity contribution in [1.29, 1.82) is 0 Å². The maximum atomic E-state index is 4.08. The molecule has 2 aromatic rings. The van der Waals surface area contributed by atoms with Crippen molar-refractivity contribution in [2.24, 2.45) is 0 Å². The number of allylic oxidation sites excluding steroid dienone is 1. The molecule has 0 unspecified atom stereocenters. The molecule has 0 aliphatic heterocycles. The molecule has 2 heterocycles. The topological polar surface area (TPSA) is 0 Å². The smallest absolute Gasteiger partial charge is 0.0449 e. The molecule has 0 saturated carbocycles. The molecule has 0 bridgehead atoms. The van der Waals surface area contributed by atoms with E-state index in [9.17, 15) is 0 Å². The SMILES string of the molecule is C=C(S/C=C\C)c1ccc(-c2cccs2)s1.CC. The van der Waals surface area contributed by atoms with Crippen LogP contribution in [0.3, 0.4) is 0 Å². The van der Waals surface area contributed by atoms with Crippen molar-refractivity contribution >= 4 is 39.3 Å². The summed E-state index contributed by atoms with van der Waals surface area (Å²) in [5.74, 6) is 0. The lowest BCUT2D eigenvalue weighted by atomic mass is 10.4. The molecule has 0 nitrogen and oxygen atoms in total. The van der Waals surface area contributed by atoms with Gasteiger partial charge in [0.15, 0.2) is 0 Å². The van der Waals surface area contributed by atoms with Crippen molar-refractivity contribution in [3.05, 3.63) is 52.6 Å². The minimum atomic E-state index is 1.12. The van der Waals surface area contributed by atoms with Gasteiger partial charge in [-0.15, -0.1) is 22.7 Å². The monoisotopic (exact) mass is 294 g/mol. The first-order valence-electron chi connectivity index (χ1n) is 5.92. The van der Waals surface area contributed by atoms with E-state index in [1.54, 1.807) is 34.4 Å². The van der Waals surface area contributed by atoms with E-state index in [1.165, 1.54) is 14.6 Å². The summed E-state index contributed by atoms with van der Waals surface area (Å²) in [4.78, 5) is 5.03. The average Bonchev–Trinajstić information content (AvgIpc) is 3.07. The van der Waals surface area contributed by atoms with Gasteiger partial charge in [0.1, 0.15) is 0 Å². The molecule has 18 heavy (non-hydrogen) atoms. The van der Waals surface area contributed by atoms with Gasteiger partial charge in [-0.1, -0.05) is 44.3 Å². The third-order valence-electron chi connectivity index (χ3n) is 1.99. The second-order valence-corrected chi connectivity index (χ2v) is 6.18. The van der Waals surface area contributed by atoms with Gasteiger partial charge in [-0.3, -0.25) is 0 Å². The van der Waals surface area contributed by atoms with Crippen LogP contribution in [0.4, 0.5) is 0 Å². The molecule has 0 aliphatic rings. The molecule has 0 spiro atoms. The fourth-order valence-electron chi connectivity index (χ4n) is 1.25. The van der Waals surface area contributed by atoms with Gasteiger partial charge in [-0.05, 0) is 35.9 Å². The second-order valence-electron chi connectivity index (χ2n) is 3.15. The van der Waals surface area contributed by atoms with Crippen LogP contribution in [0.2, 0.25) is 0 Å². The molecule has 3 heteroatoms. The van der Waals surface area contributed by atoms with Crippen molar-refractivity contribution in [3.63, 3.8) is 0 Å². The Morgan fingerprint density at radius 1 is 1.22 bits per heavy atom. The first kappa shape index (κ1) is 15.3. The van der Waals surface area contributed by atoms with Crippen LogP contribution >= 0.6 is 34.4 Å². The highest BCUT2D eigenvalue weighted by atomic mass is 32.2. The predicted octanol–water partition coefficient (Wildman–Crippen LogP) is 6.74. The Bertz CT molecular complexity index is 490. The molecule has 0 saturated heterocycles. The minimum Gasteiger partial charge on any atom is -0.143 e. The van der Waals surface area contributed by atoms with Crippen LogP contribution < -0.4 is 0 Å². The third kappa shape index (κ3) is 4.16. The summed E-state index contributed by atoms with van der Waals surface area (Å²) < 4.78 is 0. The van der Waals surface area contributed by atoms with Crippen LogP contribution in [-0.2, 0) is 0 Å². The quantitative estimate of drug-likeness (QED) is 0.601. The molecular weight excluding hydrogens is 276 g/mol. The van der Waals surface area contributed by atoms with Gasteiger partial charge in [-0.25, -0.2) is 0 Å². The Hall–Kier alpha value is -0.770. The Morgan fingerprint density at radius 3 is 2.61 bits per heavy atom. The molecule has 0 aromatic carbocycles. The van der Waals surface area contributed by atoms with Crippen LogP contribution in [0.5, 0.6) is 0 Å². The zero-order chi connectivity index (χ0) is 13.4. The zero-order valence-corrected chi connectivity index (χ0v) is 13.4. The molecule has 0 N–H and O–H groups in total. The van der Waals surface area contributed by atoms with Crippen LogP contribution in [0.1, 0.15) is 25.6 Å². The number of thioether (sulfide) groups is 1. The van der Waals surface area contributed by atoms with E-state index in [1.807, 2.05) is 26.8 Å². The van der Waals surface area contributed by atoms with E-state index >= 15 is 0 Å². The highest BCUT2D eigenvalue weighted by molar-refractivity contribution is 8.11. The largest absolute Gasteiger partial charge is 0.143 e. The summed E-state index contributed by atoms with van der Waals surface area (Å²) in [7, 11) is 0. The molecule has 0 aliphatic carbocycles. The van der Waals surface area contributed by atoms with E-state index in [0.717, 1.165) is 4.91 Å². The summed E-state index contributed by atoms with van der Waals surface area (Å²) in [6.45, 7) is 10.1. The fourth-order valence-corrected chi connectivity index (χ4v) is 3.71. The summed E-state index contributed by atoms with van der Waals surface area (Å²) in [5, 5.41) is 4.17. The Morgan fingerprint density at radius 2 is 2.00 bits per heavy atom. The molecule has 96 valence electrons. The van der Waals surface area contributed by atoms with Crippen molar-refractivity contribution in [2.45, 2.75) is 20.8 Å². The third-order valence-corrected chi connectivity index (χ3v) is 5.24. The Kier molecular flexibility index (Phi) is 7.09. The van der Waals surface area contributed by atoms with Gasteiger partial charge in [-0.2, -0.15) is 0 Å². The van der Waals surface area contributed by atoms with E-state index in [0.29, 0.717) is 0 Å². The lowest BCUT2D eigenvalue weighted by molar-refractivity contribution is 1.50. The van der Waals surface area contributed by atoms with Gasteiger partial charge in [0.05, 0.1) is 0 Å². The standard InChI is InChI=1S/C13H12S3.C2H6/c1-3-8-14-10(2)11-6-7-13(16-11)12-5-4-9-15-12;1-2/h3-9H,2H2,1H3;1-2H3/b8-3-;. The maximum Gasteiger partial charge on any atom is 0.0449 e. The summed E-state index contributed by atoms with van der Waals surface area (Å²) in [5.41, 5.74) is 0. The van der Waals surface area contributed by atoms with Crippen molar-refractivity contribution < 1.29 is 0 Å². The normalized spacial score (nSPS) is 10.2. The molecule has 2 rings (SSSR count). The second kappa shape index (κ2) is 8.35. The summed E-state index contributed by atoms with van der Waals surface area (Å²) in [6.07, 6.45) is 2.03. The molecule has 0 amide bonds. The van der Waals surface area contributed by atoms with Crippen molar-refractivity contribution in [2.75, 3.05) is 0 Å². The molecule has 0 atom stereocenters.